The van der Waals surface area contributed by atoms with Gasteiger partial charge in [-0.3, -0.25) is 9.69 Å². The first-order chi connectivity index (χ1) is 12.7. The monoisotopic (exact) mass is 413 g/mol. The Balaban J connectivity index is 1.92. The molecule has 2 heterocycles. The van der Waals surface area contributed by atoms with E-state index in [1.165, 1.54) is 0 Å². The Morgan fingerprint density at radius 1 is 1.04 bits per heavy atom. The molecule has 0 aromatic rings. The zero-order valence-corrected chi connectivity index (χ0v) is 20.0. The number of hydrogen-bond donors (Lipinski definition) is 0. The fourth-order valence-corrected chi connectivity index (χ4v) is 4.66. The second-order valence-electron chi connectivity index (χ2n) is 10.7. The summed E-state index contributed by atoms with van der Waals surface area (Å²) in [6.07, 6.45) is 1.45. The number of Topliss-reactive ketones (excluding diaryl/α,β-unsaturated/α-hetero) is 1. The molecule has 28 heavy (non-hydrogen) atoms. The van der Waals surface area contributed by atoms with Crippen LogP contribution >= 0.6 is 0 Å². The standard InChI is InChI=1S/C21H39NO5Si/c1-20(2,3)27-19(24)22-16-11-15(12-17(22)14-25-13-16)18(23)9-10-26-28(7,8)21(4,5)6/h15-17H,9-14H2,1-8H3. The molecule has 162 valence electrons. The molecule has 2 bridgehead atoms. The average molecular weight is 414 g/mol. The predicted molar refractivity (Wildman–Crippen MR) is 112 cm³/mol. The Morgan fingerprint density at radius 3 is 2.04 bits per heavy atom. The van der Waals surface area contributed by atoms with Gasteiger partial charge in [0.2, 0.25) is 0 Å². The Hall–Kier alpha value is -0.923. The van der Waals surface area contributed by atoms with Crippen LogP contribution in [-0.4, -0.2) is 62.6 Å². The van der Waals surface area contributed by atoms with Gasteiger partial charge < -0.3 is 13.9 Å². The maximum atomic E-state index is 12.8. The smallest absolute Gasteiger partial charge is 0.410 e. The number of carbonyl (C=O) groups excluding carboxylic acids is 2. The predicted octanol–water partition coefficient (Wildman–Crippen LogP) is 4.38. The van der Waals surface area contributed by atoms with E-state index in [0.717, 1.165) is 0 Å². The van der Waals surface area contributed by atoms with Crippen molar-refractivity contribution in [3.8, 4) is 0 Å². The molecule has 7 heteroatoms. The van der Waals surface area contributed by atoms with Crippen LogP contribution in [0.3, 0.4) is 0 Å². The molecule has 0 saturated carbocycles. The number of piperidine rings is 1. The van der Waals surface area contributed by atoms with E-state index in [1.807, 2.05) is 25.7 Å². The van der Waals surface area contributed by atoms with Crippen LogP contribution < -0.4 is 0 Å². The number of rotatable bonds is 5. The highest BCUT2D eigenvalue weighted by Gasteiger charge is 2.45. The number of hydrogen-bond acceptors (Lipinski definition) is 5. The number of carbonyl (C=O) groups is 2. The average Bonchev–Trinajstić information content (AvgIpc) is 2.50. The van der Waals surface area contributed by atoms with Crippen LogP contribution in [-0.2, 0) is 18.7 Å². The molecule has 0 spiro atoms. The van der Waals surface area contributed by atoms with Crippen molar-refractivity contribution in [2.75, 3.05) is 19.8 Å². The molecule has 6 nitrogen and oxygen atoms in total. The van der Waals surface area contributed by atoms with E-state index in [-0.39, 0.29) is 34.9 Å². The zero-order chi connectivity index (χ0) is 21.3. The van der Waals surface area contributed by atoms with Gasteiger partial charge in [-0.25, -0.2) is 4.79 Å². The minimum Gasteiger partial charge on any atom is -0.444 e. The highest BCUT2D eigenvalue weighted by Crippen LogP contribution is 2.37. The molecule has 2 unspecified atom stereocenters. The van der Waals surface area contributed by atoms with E-state index in [2.05, 4.69) is 33.9 Å². The third kappa shape index (κ3) is 5.80. The van der Waals surface area contributed by atoms with Crippen LogP contribution in [0.2, 0.25) is 18.1 Å². The SMILES string of the molecule is CC(C)(C)OC(=O)N1C2COCC1CC(C(=O)CCO[Si](C)(C)C(C)(C)C)C2. The fourth-order valence-electron chi connectivity index (χ4n) is 3.62. The van der Waals surface area contributed by atoms with Gasteiger partial charge in [0.05, 0.1) is 25.3 Å². The van der Waals surface area contributed by atoms with Gasteiger partial charge in [-0.15, -0.1) is 0 Å². The van der Waals surface area contributed by atoms with Crippen LogP contribution in [0.25, 0.3) is 0 Å². The van der Waals surface area contributed by atoms with Crippen molar-refractivity contribution < 1.29 is 23.5 Å². The number of fused-ring (bicyclic) bond motifs is 2. The number of nitrogens with zero attached hydrogens (tertiary/aromatic N) is 1. The summed E-state index contributed by atoms with van der Waals surface area (Å²) in [5, 5.41) is 0.142. The van der Waals surface area contributed by atoms with E-state index in [4.69, 9.17) is 13.9 Å². The molecular formula is C21H39NO5Si. The second kappa shape index (κ2) is 8.44. The van der Waals surface area contributed by atoms with Gasteiger partial charge in [-0.05, 0) is 51.7 Å². The summed E-state index contributed by atoms with van der Waals surface area (Å²) >= 11 is 0. The van der Waals surface area contributed by atoms with Crippen LogP contribution in [0, 0.1) is 5.92 Å². The van der Waals surface area contributed by atoms with Gasteiger partial charge in [-0.2, -0.15) is 0 Å². The molecule has 0 N–H and O–H groups in total. The number of amides is 1. The van der Waals surface area contributed by atoms with Crippen molar-refractivity contribution in [3.05, 3.63) is 0 Å². The van der Waals surface area contributed by atoms with Crippen molar-refractivity contribution >= 4 is 20.2 Å². The van der Waals surface area contributed by atoms with E-state index < -0.39 is 13.9 Å². The normalized spacial score (nSPS) is 26.1. The number of ether oxygens (including phenoxy) is 2. The number of morpholine rings is 1. The summed E-state index contributed by atoms with van der Waals surface area (Å²) in [6.45, 7) is 18.1. The molecule has 2 atom stereocenters. The van der Waals surface area contributed by atoms with Crippen molar-refractivity contribution in [3.63, 3.8) is 0 Å². The summed E-state index contributed by atoms with van der Waals surface area (Å²) in [5.41, 5.74) is -0.528. The summed E-state index contributed by atoms with van der Waals surface area (Å²) in [6, 6.07) is -0.171. The van der Waals surface area contributed by atoms with Crippen LogP contribution in [0.1, 0.15) is 60.8 Å². The Morgan fingerprint density at radius 2 is 1.57 bits per heavy atom. The topological polar surface area (TPSA) is 65.1 Å². The van der Waals surface area contributed by atoms with E-state index in [0.29, 0.717) is 39.1 Å². The summed E-state index contributed by atoms with van der Waals surface area (Å²) in [4.78, 5) is 27.3. The lowest BCUT2D eigenvalue weighted by Crippen LogP contribution is -2.60. The van der Waals surface area contributed by atoms with Gasteiger partial charge in [0.1, 0.15) is 11.4 Å². The number of ketones is 1. The van der Waals surface area contributed by atoms with Crippen molar-refractivity contribution in [2.45, 2.75) is 96.6 Å². The lowest BCUT2D eigenvalue weighted by molar-refractivity contribution is -0.132. The first kappa shape index (κ1) is 23.4. The van der Waals surface area contributed by atoms with Crippen LogP contribution in [0.15, 0.2) is 0 Å². The first-order valence-electron chi connectivity index (χ1n) is 10.5. The Kier molecular flexibility index (Phi) is 7.04. The maximum absolute atomic E-state index is 12.8. The Bertz CT molecular complexity index is 564. The van der Waals surface area contributed by atoms with Gasteiger partial charge >= 0.3 is 6.09 Å². The minimum absolute atomic E-state index is 0.0272. The van der Waals surface area contributed by atoms with Gasteiger partial charge in [0, 0.05) is 18.9 Å². The minimum atomic E-state index is -1.83. The van der Waals surface area contributed by atoms with Crippen LogP contribution in [0.5, 0.6) is 0 Å². The molecule has 2 fully saturated rings. The molecule has 0 aliphatic carbocycles. The van der Waals surface area contributed by atoms with Crippen molar-refractivity contribution in [2.24, 2.45) is 5.92 Å². The zero-order valence-electron chi connectivity index (χ0n) is 19.0. The largest absolute Gasteiger partial charge is 0.444 e. The molecule has 2 aliphatic heterocycles. The van der Waals surface area contributed by atoms with Crippen LogP contribution in [0.4, 0.5) is 4.79 Å². The van der Waals surface area contributed by atoms with E-state index >= 15 is 0 Å². The lowest BCUT2D eigenvalue weighted by atomic mass is 9.82. The molecule has 0 aromatic heterocycles. The maximum Gasteiger partial charge on any atom is 0.410 e. The van der Waals surface area contributed by atoms with Crippen molar-refractivity contribution in [1.82, 2.24) is 4.90 Å². The Labute approximate surface area is 171 Å². The molecule has 2 saturated heterocycles. The summed E-state index contributed by atoms with van der Waals surface area (Å²) in [7, 11) is -1.83. The first-order valence-corrected chi connectivity index (χ1v) is 13.4. The third-order valence-electron chi connectivity index (χ3n) is 6.20. The highest BCUT2D eigenvalue weighted by molar-refractivity contribution is 6.74. The molecular weight excluding hydrogens is 374 g/mol. The molecule has 0 radical (unpaired) electrons. The quantitative estimate of drug-likeness (QED) is 0.626. The third-order valence-corrected chi connectivity index (χ3v) is 10.7. The summed E-state index contributed by atoms with van der Waals surface area (Å²) < 4.78 is 17.4. The molecule has 2 aliphatic rings. The lowest BCUT2D eigenvalue weighted by Gasteiger charge is -2.48. The van der Waals surface area contributed by atoms with Gasteiger partial charge in [0.15, 0.2) is 8.32 Å². The molecule has 0 aromatic carbocycles. The van der Waals surface area contributed by atoms with Gasteiger partial charge in [0.25, 0.3) is 0 Å². The van der Waals surface area contributed by atoms with E-state index in [9.17, 15) is 9.59 Å². The summed E-state index contributed by atoms with van der Waals surface area (Å²) in [5.74, 6) is 0.222. The fraction of sp³-hybridized carbons (Fsp3) is 0.905. The highest BCUT2D eigenvalue weighted by atomic mass is 28.4. The van der Waals surface area contributed by atoms with Crippen molar-refractivity contribution in [1.29, 1.82) is 0 Å². The molecule has 2 rings (SSSR count). The van der Waals surface area contributed by atoms with E-state index in [1.54, 1.807) is 0 Å². The molecule has 1 amide bonds. The second-order valence-corrected chi connectivity index (χ2v) is 15.5. The van der Waals surface area contributed by atoms with Gasteiger partial charge in [-0.1, -0.05) is 20.8 Å².